The third-order valence-corrected chi connectivity index (χ3v) is 5.53. The van der Waals surface area contributed by atoms with Crippen LogP contribution in [0.2, 0.25) is 0 Å². The highest BCUT2D eigenvalue weighted by atomic mass is 31.1. The van der Waals surface area contributed by atoms with Gasteiger partial charge in [0.1, 0.15) is 17.2 Å². The number of hydrogen-bond acceptors (Lipinski definition) is 7. The van der Waals surface area contributed by atoms with E-state index >= 15 is 0 Å². The van der Waals surface area contributed by atoms with Gasteiger partial charge in [0, 0.05) is 63.8 Å². The number of furan rings is 1. The molecule has 0 bridgehead atoms. The van der Waals surface area contributed by atoms with Crippen molar-refractivity contribution in [1.82, 2.24) is 19.8 Å². The lowest BCUT2D eigenvalue weighted by Crippen LogP contribution is -2.53. The first-order valence-corrected chi connectivity index (χ1v) is 12.0. The SMILES string of the molecule is CC(=O)Nc1cc(-c2cn(C)c(=O)c3cc(CN4CC(C)NCC4C)oc23)ccn1.CP=O. The molecule has 2 unspecified atom stereocenters. The van der Waals surface area contributed by atoms with E-state index < -0.39 is 0 Å². The fourth-order valence-electron chi connectivity index (χ4n) is 3.95. The number of carbonyl (C=O) groups excluding carboxylic acids is 1. The number of aryl methyl sites for hydroxylation is 1. The Morgan fingerprint density at radius 3 is 2.79 bits per heavy atom. The van der Waals surface area contributed by atoms with Gasteiger partial charge in [0.2, 0.25) is 5.91 Å². The maximum atomic E-state index is 12.8. The molecular formula is C23H30N5O4P. The van der Waals surface area contributed by atoms with Crippen molar-refractivity contribution in [3.63, 3.8) is 0 Å². The van der Waals surface area contributed by atoms with Crippen LogP contribution in [-0.4, -0.2) is 52.2 Å². The molecule has 2 atom stereocenters. The van der Waals surface area contributed by atoms with E-state index in [0.29, 0.717) is 35.4 Å². The zero-order valence-corrected chi connectivity index (χ0v) is 20.5. The third kappa shape index (κ3) is 5.93. The number of nitrogens with zero attached hydrogens (tertiary/aromatic N) is 3. The van der Waals surface area contributed by atoms with Crippen LogP contribution in [0.3, 0.4) is 0 Å². The van der Waals surface area contributed by atoms with E-state index in [1.54, 1.807) is 36.7 Å². The van der Waals surface area contributed by atoms with Crippen molar-refractivity contribution in [2.24, 2.45) is 7.05 Å². The Kier molecular flexibility index (Phi) is 8.13. The maximum Gasteiger partial charge on any atom is 0.261 e. The predicted octanol–water partition coefficient (Wildman–Crippen LogP) is 3.24. The molecule has 3 aromatic rings. The molecule has 4 heterocycles. The Labute approximate surface area is 194 Å². The summed E-state index contributed by atoms with van der Waals surface area (Å²) in [7, 11) is 1.90. The summed E-state index contributed by atoms with van der Waals surface area (Å²) in [6.07, 6.45) is 3.39. The van der Waals surface area contributed by atoms with Crippen LogP contribution in [0.15, 0.2) is 39.8 Å². The van der Waals surface area contributed by atoms with E-state index in [-0.39, 0.29) is 19.9 Å². The van der Waals surface area contributed by atoms with Gasteiger partial charge in [-0.3, -0.25) is 19.1 Å². The van der Waals surface area contributed by atoms with Crippen molar-refractivity contribution in [3.05, 3.63) is 46.7 Å². The van der Waals surface area contributed by atoms with Crippen LogP contribution in [0, 0.1) is 0 Å². The summed E-state index contributed by atoms with van der Waals surface area (Å²) in [6.45, 7) is 9.84. The zero-order valence-electron chi connectivity index (χ0n) is 19.6. The smallest absolute Gasteiger partial charge is 0.261 e. The fraction of sp³-hybridized carbons (Fsp3) is 0.435. The average molecular weight is 471 g/mol. The van der Waals surface area contributed by atoms with Crippen molar-refractivity contribution in [2.45, 2.75) is 39.4 Å². The summed E-state index contributed by atoms with van der Waals surface area (Å²) >= 11 is 0. The Hall–Kier alpha value is -2.87. The molecule has 0 aromatic carbocycles. The number of piperazine rings is 1. The number of anilines is 1. The summed E-state index contributed by atoms with van der Waals surface area (Å²) < 4.78 is 16.7. The Balaban J connectivity index is 0.000000968. The van der Waals surface area contributed by atoms with E-state index in [1.165, 1.54) is 6.92 Å². The topological polar surface area (TPSA) is 109 Å². The monoisotopic (exact) mass is 471 g/mol. The second-order valence-electron chi connectivity index (χ2n) is 8.30. The third-order valence-electron chi connectivity index (χ3n) is 5.53. The molecule has 3 aromatic heterocycles. The fourth-order valence-corrected chi connectivity index (χ4v) is 3.95. The van der Waals surface area contributed by atoms with Crippen molar-refractivity contribution < 1.29 is 13.8 Å². The molecule has 2 N–H and O–H groups in total. The number of carbonyl (C=O) groups is 1. The average Bonchev–Trinajstić information content (AvgIpc) is 3.18. The van der Waals surface area contributed by atoms with Gasteiger partial charge in [-0.05, 0) is 37.6 Å². The molecule has 4 rings (SSSR count). The van der Waals surface area contributed by atoms with Crippen molar-refractivity contribution >= 4 is 31.2 Å². The van der Waals surface area contributed by atoms with Crippen LogP contribution >= 0.6 is 8.46 Å². The van der Waals surface area contributed by atoms with Crippen LogP contribution in [0.5, 0.6) is 0 Å². The largest absolute Gasteiger partial charge is 0.459 e. The molecule has 1 aliphatic rings. The molecular weight excluding hydrogens is 441 g/mol. The molecule has 1 amide bonds. The van der Waals surface area contributed by atoms with Crippen molar-refractivity contribution in [2.75, 3.05) is 25.1 Å². The first-order valence-electron chi connectivity index (χ1n) is 10.8. The van der Waals surface area contributed by atoms with Crippen LogP contribution in [0.1, 0.15) is 26.5 Å². The maximum absolute atomic E-state index is 12.8. The summed E-state index contributed by atoms with van der Waals surface area (Å²) in [4.78, 5) is 30.7. The number of aromatic nitrogens is 2. The van der Waals surface area contributed by atoms with Gasteiger partial charge in [-0.2, -0.15) is 0 Å². The van der Waals surface area contributed by atoms with Crippen LogP contribution in [0.25, 0.3) is 22.1 Å². The van der Waals surface area contributed by atoms with E-state index in [2.05, 4.69) is 34.4 Å². The quantitative estimate of drug-likeness (QED) is 0.562. The van der Waals surface area contributed by atoms with E-state index in [0.717, 1.165) is 30.0 Å². The second kappa shape index (κ2) is 10.8. The minimum Gasteiger partial charge on any atom is -0.459 e. The van der Waals surface area contributed by atoms with Gasteiger partial charge < -0.3 is 19.6 Å². The minimum atomic E-state index is -0.190. The highest BCUT2D eigenvalue weighted by molar-refractivity contribution is 7.22. The lowest BCUT2D eigenvalue weighted by Gasteiger charge is -2.36. The van der Waals surface area contributed by atoms with Gasteiger partial charge in [-0.1, -0.05) is 0 Å². The molecule has 1 aliphatic heterocycles. The zero-order chi connectivity index (χ0) is 24.1. The number of hydrogen-bond donors (Lipinski definition) is 2. The molecule has 1 saturated heterocycles. The van der Waals surface area contributed by atoms with Crippen LogP contribution in [0.4, 0.5) is 5.82 Å². The molecule has 0 spiro atoms. The number of nitrogens with one attached hydrogen (secondary N) is 2. The molecule has 1 fully saturated rings. The summed E-state index contributed by atoms with van der Waals surface area (Å²) in [6, 6.07) is 6.28. The molecule has 0 radical (unpaired) electrons. The van der Waals surface area contributed by atoms with Crippen LogP contribution in [-0.2, 0) is 23.0 Å². The molecule has 9 nitrogen and oxygen atoms in total. The van der Waals surface area contributed by atoms with Crippen LogP contribution < -0.4 is 16.2 Å². The highest BCUT2D eigenvalue weighted by Gasteiger charge is 2.24. The van der Waals surface area contributed by atoms with E-state index in [1.807, 2.05) is 12.1 Å². The normalized spacial score (nSPS) is 18.7. The van der Waals surface area contributed by atoms with Gasteiger partial charge in [0.05, 0.1) is 11.9 Å². The number of amides is 1. The minimum absolute atomic E-state index is 0.0957. The Morgan fingerprint density at radius 2 is 2.09 bits per heavy atom. The second-order valence-corrected chi connectivity index (χ2v) is 8.66. The number of pyridine rings is 2. The lowest BCUT2D eigenvalue weighted by molar-refractivity contribution is -0.114. The highest BCUT2D eigenvalue weighted by Crippen LogP contribution is 2.30. The van der Waals surface area contributed by atoms with Gasteiger partial charge in [-0.25, -0.2) is 4.98 Å². The van der Waals surface area contributed by atoms with Gasteiger partial charge >= 0.3 is 0 Å². The standard InChI is InChI=1S/C22H27N5O3.CH3OP/c1-13-10-27(14(2)9-24-13)11-17-8-18-21(30-17)19(12-26(4)22(18)29)16-5-6-23-20(7-16)25-15(3)28;1-3-2/h5-8,12-14,24H,9-11H2,1-4H3,(H,23,25,28);1H3. The predicted molar refractivity (Wildman–Crippen MR) is 130 cm³/mol. The molecule has 0 aliphatic carbocycles. The molecule has 0 saturated carbocycles. The van der Waals surface area contributed by atoms with E-state index in [9.17, 15) is 9.59 Å². The summed E-state index contributed by atoms with van der Waals surface area (Å²) in [5.41, 5.74) is 2.07. The number of rotatable bonds is 4. The van der Waals surface area contributed by atoms with E-state index in [4.69, 9.17) is 8.98 Å². The Bertz CT molecular complexity index is 1210. The lowest BCUT2D eigenvalue weighted by atomic mass is 10.1. The number of fused-ring (bicyclic) bond motifs is 1. The molecule has 176 valence electrons. The van der Waals surface area contributed by atoms with Gasteiger partial charge in [0.15, 0.2) is 8.46 Å². The van der Waals surface area contributed by atoms with Gasteiger partial charge in [0.25, 0.3) is 5.56 Å². The van der Waals surface area contributed by atoms with Gasteiger partial charge in [-0.15, -0.1) is 0 Å². The summed E-state index contributed by atoms with van der Waals surface area (Å²) in [5.74, 6) is 1.04. The molecule has 10 heteroatoms. The van der Waals surface area contributed by atoms with Crippen molar-refractivity contribution in [1.29, 1.82) is 0 Å². The van der Waals surface area contributed by atoms with Crippen molar-refractivity contribution in [3.8, 4) is 11.1 Å². The molecule has 33 heavy (non-hydrogen) atoms. The Morgan fingerprint density at radius 1 is 1.36 bits per heavy atom. The first-order chi connectivity index (χ1) is 15.7. The first kappa shape index (κ1) is 24.8. The summed E-state index contributed by atoms with van der Waals surface area (Å²) in [5, 5.41) is 6.73.